The van der Waals surface area contributed by atoms with Gasteiger partial charge in [-0.2, -0.15) is 11.8 Å². The Kier molecular flexibility index (Phi) is 6.40. The number of benzene rings is 1. The number of thioether (sulfide) groups is 1. The maximum atomic E-state index is 12.1. The van der Waals surface area contributed by atoms with Crippen molar-refractivity contribution in [1.29, 1.82) is 0 Å². The van der Waals surface area contributed by atoms with Crippen LogP contribution >= 0.6 is 11.8 Å². The summed E-state index contributed by atoms with van der Waals surface area (Å²) in [4.78, 5) is 11.2. The van der Waals surface area contributed by atoms with E-state index >= 15 is 0 Å². The summed E-state index contributed by atoms with van der Waals surface area (Å²) in [5.41, 5.74) is -0.629. The topological polar surface area (TPSA) is 83.5 Å². The van der Waals surface area contributed by atoms with Gasteiger partial charge >= 0.3 is 0 Å². The number of aliphatic hydroxyl groups is 1. The zero-order valence-corrected chi connectivity index (χ0v) is 14.1. The van der Waals surface area contributed by atoms with Crippen molar-refractivity contribution in [2.24, 2.45) is 0 Å². The number of rotatable bonds is 8. The summed E-state index contributed by atoms with van der Waals surface area (Å²) < 4.78 is 26.6. The molecule has 1 atom stereocenters. The van der Waals surface area contributed by atoms with E-state index in [0.717, 1.165) is 5.75 Å². The second-order valence-corrected chi connectivity index (χ2v) is 7.90. The largest absolute Gasteiger partial charge is 0.389 e. The van der Waals surface area contributed by atoms with Gasteiger partial charge in [-0.15, -0.1) is 0 Å². The van der Waals surface area contributed by atoms with Crippen LogP contribution in [0.1, 0.15) is 30.6 Å². The molecule has 0 unspecified atom stereocenters. The molecule has 2 N–H and O–H groups in total. The van der Waals surface area contributed by atoms with Gasteiger partial charge < -0.3 is 5.11 Å². The van der Waals surface area contributed by atoms with Crippen LogP contribution in [-0.2, 0) is 10.0 Å². The van der Waals surface area contributed by atoms with Gasteiger partial charge in [0.25, 0.3) is 0 Å². The average molecular weight is 331 g/mol. The van der Waals surface area contributed by atoms with Gasteiger partial charge in [0.2, 0.25) is 10.0 Å². The van der Waals surface area contributed by atoms with Crippen LogP contribution < -0.4 is 4.72 Å². The molecule has 0 amide bonds. The van der Waals surface area contributed by atoms with Crippen molar-refractivity contribution < 1.29 is 18.3 Å². The fourth-order valence-corrected chi connectivity index (χ4v) is 3.42. The van der Waals surface area contributed by atoms with E-state index in [9.17, 15) is 18.3 Å². The molecule has 0 radical (unpaired) electrons. The molecule has 1 aromatic carbocycles. The highest BCUT2D eigenvalue weighted by molar-refractivity contribution is 7.98. The molecule has 0 bridgehead atoms. The Morgan fingerprint density at radius 2 is 1.90 bits per heavy atom. The minimum atomic E-state index is -3.69. The molecule has 118 valence electrons. The van der Waals surface area contributed by atoms with E-state index < -0.39 is 15.6 Å². The molecule has 5 nitrogen and oxygen atoms in total. The lowest BCUT2D eigenvalue weighted by atomic mass is 10.1. The molecule has 0 aliphatic heterocycles. The van der Waals surface area contributed by atoms with Gasteiger partial charge in [-0.1, -0.05) is 12.1 Å². The van der Waals surface area contributed by atoms with E-state index in [1.807, 2.05) is 6.26 Å². The number of carbonyl (C=O) groups is 1. The Morgan fingerprint density at radius 3 is 2.38 bits per heavy atom. The summed E-state index contributed by atoms with van der Waals surface area (Å²) in [5.74, 6) is 0.633. The van der Waals surface area contributed by atoms with Crippen LogP contribution in [-0.4, -0.2) is 43.5 Å². The van der Waals surface area contributed by atoms with E-state index in [1.54, 1.807) is 18.7 Å². The summed E-state index contributed by atoms with van der Waals surface area (Å²) in [6.45, 7) is 2.97. The molecule has 0 heterocycles. The maximum Gasteiger partial charge on any atom is 0.240 e. The Bertz CT molecular complexity index is 579. The van der Waals surface area contributed by atoms with Crippen molar-refractivity contribution in [3.05, 3.63) is 29.8 Å². The Labute approximate surface area is 130 Å². The second kappa shape index (κ2) is 7.40. The van der Waals surface area contributed by atoms with Crippen LogP contribution in [0.5, 0.6) is 0 Å². The molecule has 0 saturated heterocycles. The van der Waals surface area contributed by atoms with E-state index in [0.29, 0.717) is 12.0 Å². The van der Waals surface area contributed by atoms with Crippen molar-refractivity contribution in [2.75, 3.05) is 18.6 Å². The fraction of sp³-hybridized carbons (Fsp3) is 0.500. The number of hydrogen-bond acceptors (Lipinski definition) is 5. The predicted octanol–water partition coefficient (Wildman–Crippen LogP) is 1.67. The van der Waals surface area contributed by atoms with E-state index in [1.165, 1.54) is 31.2 Å². The zero-order valence-electron chi connectivity index (χ0n) is 12.4. The summed E-state index contributed by atoms with van der Waals surface area (Å²) in [5, 5.41) is 10.1. The van der Waals surface area contributed by atoms with Crippen molar-refractivity contribution >= 4 is 27.6 Å². The van der Waals surface area contributed by atoms with Crippen molar-refractivity contribution in [3.8, 4) is 0 Å². The second-order valence-electron chi connectivity index (χ2n) is 5.14. The third kappa shape index (κ3) is 5.78. The van der Waals surface area contributed by atoms with Gasteiger partial charge in [-0.25, -0.2) is 13.1 Å². The lowest BCUT2D eigenvalue weighted by molar-refractivity contribution is 0.0626. The number of ketones is 1. The minimum absolute atomic E-state index is 0.0512. The SMILES string of the molecule is CSCC[C@](C)(O)CNS(=O)(=O)c1ccc(C(C)=O)cc1. The normalized spacial score (nSPS) is 14.7. The molecule has 0 saturated carbocycles. The highest BCUT2D eigenvalue weighted by Gasteiger charge is 2.23. The molecule has 7 heteroatoms. The first-order chi connectivity index (χ1) is 9.68. The number of Topliss-reactive ketones (excluding diaryl/α,β-unsaturated/α-hetero) is 1. The molecule has 0 aliphatic rings. The van der Waals surface area contributed by atoms with E-state index in [4.69, 9.17) is 0 Å². The molecule has 0 spiro atoms. The first kappa shape index (κ1) is 18.2. The Balaban J connectivity index is 2.75. The van der Waals surface area contributed by atoms with Crippen LogP contribution in [0.15, 0.2) is 29.2 Å². The van der Waals surface area contributed by atoms with Gasteiger partial charge in [0, 0.05) is 12.1 Å². The molecular formula is C14H21NO4S2. The number of carbonyl (C=O) groups excluding carboxylic acids is 1. The maximum absolute atomic E-state index is 12.1. The van der Waals surface area contributed by atoms with Crippen LogP contribution in [0.3, 0.4) is 0 Å². The van der Waals surface area contributed by atoms with Crippen LogP contribution in [0, 0.1) is 0 Å². The standard InChI is InChI=1S/C14H21NO4S2/c1-11(16)12-4-6-13(7-5-12)21(18,19)15-10-14(2,17)8-9-20-3/h4-7,15,17H,8-10H2,1-3H3/t14-/m0/s1. The number of nitrogens with one attached hydrogen (secondary N) is 1. The van der Waals surface area contributed by atoms with Crippen LogP contribution in [0.25, 0.3) is 0 Å². The Morgan fingerprint density at radius 1 is 1.33 bits per heavy atom. The van der Waals surface area contributed by atoms with Gasteiger partial charge in [-0.3, -0.25) is 4.79 Å². The smallest absolute Gasteiger partial charge is 0.240 e. The lowest BCUT2D eigenvalue weighted by Gasteiger charge is -2.23. The lowest BCUT2D eigenvalue weighted by Crippen LogP contribution is -2.41. The number of sulfonamides is 1. The third-order valence-electron chi connectivity index (χ3n) is 3.06. The molecule has 21 heavy (non-hydrogen) atoms. The van der Waals surface area contributed by atoms with Gasteiger partial charge in [0.15, 0.2) is 5.78 Å². The third-order valence-corrected chi connectivity index (χ3v) is 5.09. The van der Waals surface area contributed by atoms with Crippen molar-refractivity contribution in [1.82, 2.24) is 4.72 Å². The van der Waals surface area contributed by atoms with E-state index in [-0.39, 0.29) is 17.2 Å². The summed E-state index contributed by atoms with van der Waals surface area (Å²) in [6, 6.07) is 5.72. The minimum Gasteiger partial charge on any atom is -0.389 e. The highest BCUT2D eigenvalue weighted by atomic mass is 32.2. The average Bonchev–Trinajstić information content (AvgIpc) is 2.43. The summed E-state index contributed by atoms with van der Waals surface area (Å²) in [7, 11) is -3.69. The molecular weight excluding hydrogens is 310 g/mol. The monoisotopic (exact) mass is 331 g/mol. The number of hydrogen-bond donors (Lipinski definition) is 2. The fourth-order valence-electron chi connectivity index (χ4n) is 1.61. The first-order valence-corrected chi connectivity index (χ1v) is 9.38. The van der Waals surface area contributed by atoms with Crippen molar-refractivity contribution in [3.63, 3.8) is 0 Å². The summed E-state index contributed by atoms with van der Waals surface area (Å²) >= 11 is 1.59. The van der Waals surface area contributed by atoms with Crippen molar-refractivity contribution in [2.45, 2.75) is 30.8 Å². The predicted molar refractivity (Wildman–Crippen MR) is 85.3 cm³/mol. The first-order valence-electron chi connectivity index (χ1n) is 6.50. The van der Waals surface area contributed by atoms with Crippen LogP contribution in [0.2, 0.25) is 0 Å². The molecule has 0 fully saturated rings. The van der Waals surface area contributed by atoms with Gasteiger partial charge in [-0.05, 0) is 44.4 Å². The molecule has 0 aliphatic carbocycles. The Hall–Kier alpha value is -0.890. The van der Waals surface area contributed by atoms with E-state index in [2.05, 4.69) is 4.72 Å². The molecule has 1 aromatic rings. The summed E-state index contributed by atoms with van der Waals surface area (Å²) in [6.07, 6.45) is 2.43. The molecule has 0 aromatic heterocycles. The van der Waals surface area contributed by atoms with Crippen LogP contribution in [0.4, 0.5) is 0 Å². The quantitative estimate of drug-likeness (QED) is 0.708. The van der Waals surface area contributed by atoms with Gasteiger partial charge in [0.05, 0.1) is 10.5 Å². The van der Waals surface area contributed by atoms with Gasteiger partial charge in [0.1, 0.15) is 0 Å². The highest BCUT2D eigenvalue weighted by Crippen LogP contribution is 2.15. The zero-order chi connectivity index (χ0) is 16.1. The molecule has 1 rings (SSSR count).